The predicted molar refractivity (Wildman–Crippen MR) is 105 cm³/mol. The highest BCUT2D eigenvalue weighted by molar-refractivity contribution is 8.26. The maximum Gasteiger partial charge on any atom is 0.145 e. The summed E-state index contributed by atoms with van der Waals surface area (Å²) in [4.78, 5) is 4.34. The Balaban J connectivity index is 1.52. The molecule has 10 heteroatoms. The Hall–Kier alpha value is 0.320. The van der Waals surface area contributed by atoms with Gasteiger partial charge < -0.3 is 28.7 Å². The Kier molecular flexibility index (Phi) is 7.85. The number of hydrogen-bond donors (Lipinski definition) is 0. The molecule has 2 atom stereocenters. The average Bonchev–Trinajstić information content (AvgIpc) is 2.64. The topological polar surface area (TPSA) is 43.4 Å². The van der Waals surface area contributed by atoms with Crippen LogP contribution in [0.1, 0.15) is 0 Å². The standard InChI is InChI=1S/C14H22N2O4S4/c21-13(15-1-5-17-6-2-15)23-11-12(20-10-9-19-11)24-14(22)16-3-7-18-8-4-16/h11-12H,1-10H2/t11-,12+. The van der Waals surface area contributed by atoms with Crippen LogP contribution in [0, 0.1) is 0 Å². The van der Waals surface area contributed by atoms with Crippen LogP contribution in [0.3, 0.4) is 0 Å². The first kappa shape index (κ1) is 19.1. The van der Waals surface area contributed by atoms with Crippen LogP contribution in [0.5, 0.6) is 0 Å². The van der Waals surface area contributed by atoms with E-state index >= 15 is 0 Å². The fourth-order valence-corrected chi connectivity index (χ4v) is 5.54. The van der Waals surface area contributed by atoms with Crippen molar-refractivity contribution in [2.45, 2.75) is 10.9 Å². The maximum atomic E-state index is 5.91. The molecule has 0 aromatic rings. The van der Waals surface area contributed by atoms with Gasteiger partial charge in [0.15, 0.2) is 0 Å². The summed E-state index contributed by atoms with van der Waals surface area (Å²) < 4.78 is 24.3. The molecular weight excluding hydrogens is 388 g/mol. The maximum absolute atomic E-state index is 5.91. The lowest BCUT2D eigenvalue weighted by molar-refractivity contribution is -0.0655. The summed E-state index contributed by atoms with van der Waals surface area (Å²) in [6, 6.07) is 0. The van der Waals surface area contributed by atoms with Crippen LogP contribution in [-0.4, -0.2) is 95.1 Å². The Morgan fingerprint density at radius 3 is 1.42 bits per heavy atom. The molecule has 6 nitrogen and oxygen atoms in total. The lowest BCUT2D eigenvalue weighted by Gasteiger charge is -2.36. The molecule has 3 saturated heterocycles. The molecule has 0 saturated carbocycles. The minimum atomic E-state index is -0.141. The molecule has 3 fully saturated rings. The zero-order valence-corrected chi connectivity index (χ0v) is 16.7. The Morgan fingerprint density at radius 2 is 1.04 bits per heavy atom. The molecule has 0 bridgehead atoms. The van der Waals surface area contributed by atoms with Crippen molar-refractivity contribution >= 4 is 56.6 Å². The van der Waals surface area contributed by atoms with Crippen molar-refractivity contribution in [3.05, 3.63) is 0 Å². The smallest absolute Gasteiger partial charge is 0.145 e. The van der Waals surface area contributed by atoms with Crippen LogP contribution >= 0.6 is 48.0 Å². The minimum absolute atomic E-state index is 0.141. The molecule has 3 heterocycles. The number of nitrogens with zero attached hydrogens (tertiary/aromatic N) is 2. The molecule has 0 amide bonds. The molecule has 0 aliphatic carbocycles. The van der Waals surface area contributed by atoms with Gasteiger partial charge in [-0.25, -0.2) is 0 Å². The zero-order valence-electron chi connectivity index (χ0n) is 13.4. The molecule has 0 aromatic carbocycles. The number of rotatable bonds is 2. The molecule has 0 radical (unpaired) electrons. The van der Waals surface area contributed by atoms with Gasteiger partial charge in [-0.05, 0) is 0 Å². The largest absolute Gasteiger partial charge is 0.378 e. The van der Waals surface area contributed by atoms with Crippen LogP contribution < -0.4 is 0 Å². The summed E-state index contributed by atoms with van der Waals surface area (Å²) in [6.45, 7) is 7.42. The summed E-state index contributed by atoms with van der Waals surface area (Å²) in [5.41, 5.74) is -0.281. The van der Waals surface area contributed by atoms with Crippen molar-refractivity contribution in [3.63, 3.8) is 0 Å². The molecule has 0 N–H and O–H groups in total. The number of ether oxygens (including phenoxy) is 4. The normalized spacial score (nSPS) is 28.7. The first-order valence-corrected chi connectivity index (χ1v) is 10.6. The molecule has 136 valence electrons. The van der Waals surface area contributed by atoms with Crippen LogP contribution in [0.4, 0.5) is 0 Å². The van der Waals surface area contributed by atoms with Crippen molar-refractivity contribution in [2.75, 3.05) is 65.8 Å². The van der Waals surface area contributed by atoms with Gasteiger partial charge in [0.1, 0.15) is 19.5 Å². The third-order valence-corrected chi connectivity index (χ3v) is 7.26. The van der Waals surface area contributed by atoms with E-state index in [1.165, 1.54) is 0 Å². The Bertz CT molecular complexity index is 404. The highest BCUT2D eigenvalue weighted by atomic mass is 32.2. The summed E-state index contributed by atoms with van der Waals surface area (Å²) in [6.07, 6.45) is 0. The van der Waals surface area contributed by atoms with Crippen molar-refractivity contribution in [1.82, 2.24) is 9.80 Å². The van der Waals surface area contributed by atoms with E-state index in [1.54, 1.807) is 23.5 Å². The quantitative estimate of drug-likeness (QED) is 0.624. The summed E-state index contributed by atoms with van der Waals surface area (Å²) >= 11 is 14.3. The second kappa shape index (κ2) is 9.86. The predicted octanol–water partition coefficient (Wildman–Crippen LogP) is 1.39. The fourth-order valence-electron chi connectivity index (χ4n) is 2.50. The number of thioether (sulfide) groups is 2. The highest BCUT2D eigenvalue weighted by Gasteiger charge is 2.33. The molecule has 3 aliphatic rings. The second-order valence-electron chi connectivity index (χ2n) is 5.44. The first-order valence-electron chi connectivity index (χ1n) is 8.04. The molecular formula is C14H22N2O4S4. The summed E-state index contributed by atoms with van der Waals surface area (Å²) in [5.74, 6) is 0. The van der Waals surface area contributed by atoms with Crippen LogP contribution in [-0.2, 0) is 18.9 Å². The third-order valence-electron chi connectivity index (χ3n) is 3.84. The van der Waals surface area contributed by atoms with Gasteiger partial charge >= 0.3 is 0 Å². The van der Waals surface area contributed by atoms with Crippen LogP contribution in [0.25, 0.3) is 0 Å². The van der Waals surface area contributed by atoms with Gasteiger partial charge in [-0.1, -0.05) is 48.0 Å². The number of morpholine rings is 2. The van der Waals surface area contributed by atoms with Crippen LogP contribution in [0.2, 0.25) is 0 Å². The van der Waals surface area contributed by atoms with E-state index in [4.69, 9.17) is 43.4 Å². The molecule has 3 aliphatic heterocycles. The molecule has 0 aromatic heterocycles. The van der Waals surface area contributed by atoms with Crippen molar-refractivity contribution < 1.29 is 18.9 Å². The average molecular weight is 411 g/mol. The third kappa shape index (κ3) is 5.41. The Morgan fingerprint density at radius 1 is 0.667 bits per heavy atom. The molecule has 0 unspecified atom stereocenters. The summed E-state index contributed by atoms with van der Waals surface area (Å²) in [5, 5.41) is 0. The molecule has 3 rings (SSSR count). The van der Waals surface area contributed by atoms with Crippen molar-refractivity contribution in [3.8, 4) is 0 Å². The minimum Gasteiger partial charge on any atom is -0.378 e. The van der Waals surface area contributed by atoms with E-state index in [1.807, 2.05) is 0 Å². The fraction of sp³-hybridized carbons (Fsp3) is 0.857. The van der Waals surface area contributed by atoms with Gasteiger partial charge in [-0.15, -0.1) is 0 Å². The summed E-state index contributed by atoms with van der Waals surface area (Å²) in [7, 11) is 0. The van der Waals surface area contributed by atoms with Crippen molar-refractivity contribution in [2.24, 2.45) is 0 Å². The van der Waals surface area contributed by atoms with E-state index in [9.17, 15) is 0 Å². The number of hydrogen-bond acceptors (Lipinski definition) is 8. The van der Waals surface area contributed by atoms with Gasteiger partial charge in [0.25, 0.3) is 0 Å². The monoisotopic (exact) mass is 410 g/mol. The van der Waals surface area contributed by atoms with Crippen LogP contribution in [0.15, 0.2) is 0 Å². The van der Waals surface area contributed by atoms with Gasteiger partial charge in [0.05, 0.1) is 39.6 Å². The van der Waals surface area contributed by atoms with E-state index in [-0.39, 0.29) is 10.9 Å². The van der Waals surface area contributed by atoms with Gasteiger partial charge in [-0.2, -0.15) is 0 Å². The lowest BCUT2D eigenvalue weighted by Crippen LogP contribution is -2.43. The highest BCUT2D eigenvalue weighted by Crippen LogP contribution is 2.33. The van der Waals surface area contributed by atoms with Gasteiger partial charge in [-0.3, -0.25) is 0 Å². The van der Waals surface area contributed by atoms with Gasteiger partial charge in [0, 0.05) is 26.2 Å². The number of thiocarbonyl (C=S) groups is 2. The van der Waals surface area contributed by atoms with Crippen molar-refractivity contribution in [1.29, 1.82) is 0 Å². The Labute approximate surface area is 161 Å². The first-order chi connectivity index (χ1) is 11.7. The van der Waals surface area contributed by atoms with Gasteiger partial charge in [0.2, 0.25) is 0 Å². The second-order valence-corrected chi connectivity index (χ2v) is 8.91. The molecule has 24 heavy (non-hydrogen) atoms. The lowest BCUT2D eigenvalue weighted by atomic mass is 10.5. The van der Waals surface area contributed by atoms with E-state index in [0.717, 1.165) is 61.2 Å². The zero-order chi connectivity index (χ0) is 16.8. The van der Waals surface area contributed by atoms with E-state index < -0.39 is 0 Å². The van der Waals surface area contributed by atoms with E-state index in [0.29, 0.717) is 13.2 Å². The van der Waals surface area contributed by atoms with E-state index in [2.05, 4.69) is 9.80 Å². The SMILES string of the molecule is S=C(S[C@H]1OCCO[C@H]1SC(=S)N1CCOCC1)N1CCOCC1. The molecule has 0 spiro atoms.